The topological polar surface area (TPSA) is 21.3 Å². The molecule has 1 rings (SSSR count). The second kappa shape index (κ2) is 3.96. The normalized spacial score (nSPS) is 25.1. The van der Waals surface area contributed by atoms with Crippen molar-refractivity contribution in [3.8, 4) is 0 Å². The van der Waals surface area contributed by atoms with E-state index in [0.29, 0.717) is 17.6 Å². The van der Waals surface area contributed by atoms with Crippen LogP contribution >= 0.6 is 11.6 Å². The van der Waals surface area contributed by atoms with Crippen molar-refractivity contribution in [1.29, 1.82) is 0 Å². The molecule has 0 radical (unpaired) electrons. The van der Waals surface area contributed by atoms with Crippen LogP contribution in [0, 0.1) is 0 Å². The lowest BCUT2D eigenvalue weighted by atomic mass is 10.3. The number of halogens is 1. The molecule has 0 saturated carbocycles. The first-order valence-electron chi connectivity index (χ1n) is 3.43. The van der Waals surface area contributed by atoms with E-state index in [1.807, 2.05) is 0 Å². The highest BCUT2D eigenvalue weighted by molar-refractivity contribution is 6.29. The largest absolute Gasteiger partial charge is 0.380 e. The maximum atomic E-state index is 5.56. The van der Waals surface area contributed by atoms with Crippen LogP contribution in [-0.2, 0) is 4.74 Å². The molecule has 0 aliphatic carbocycles. The van der Waals surface area contributed by atoms with E-state index in [1.165, 1.54) is 0 Å². The molecule has 0 bridgehead atoms. The number of nitrogens with one attached hydrogen (secondary N) is 1. The third-order valence-corrected chi connectivity index (χ3v) is 1.65. The highest BCUT2D eigenvalue weighted by Crippen LogP contribution is 2.04. The highest BCUT2D eigenvalue weighted by Gasteiger charge is 2.13. The lowest BCUT2D eigenvalue weighted by Crippen LogP contribution is -2.29. The molecular formula is C7H12ClNO. The van der Waals surface area contributed by atoms with E-state index in [4.69, 9.17) is 16.3 Å². The second-order valence-electron chi connectivity index (χ2n) is 2.46. The van der Waals surface area contributed by atoms with Gasteiger partial charge in [0, 0.05) is 24.2 Å². The average molecular weight is 162 g/mol. The molecule has 1 fully saturated rings. The Hall–Kier alpha value is -0.0500. The van der Waals surface area contributed by atoms with Gasteiger partial charge in [-0.3, -0.25) is 0 Å². The molecule has 10 heavy (non-hydrogen) atoms. The van der Waals surface area contributed by atoms with Gasteiger partial charge in [0.15, 0.2) is 0 Å². The zero-order valence-electron chi connectivity index (χ0n) is 5.90. The van der Waals surface area contributed by atoms with Gasteiger partial charge in [0.05, 0.1) is 6.61 Å². The van der Waals surface area contributed by atoms with Crippen LogP contribution in [0.3, 0.4) is 0 Å². The van der Waals surface area contributed by atoms with Gasteiger partial charge in [-0.05, 0) is 6.42 Å². The maximum Gasteiger partial charge on any atom is 0.0620 e. The Labute approximate surface area is 66.2 Å². The predicted molar refractivity (Wildman–Crippen MR) is 42.2 cm³/mol. The Morgan fingerprint density at radius 1 is 1.80 bits per heavy atom. The summed E-state index contributed by atoms with van der Waals surface area (Å²) in [7, 11) is 0. The molecule has 0 aromatic rings. The van der Waals surface area contributed by atoms with Crippen molar-refractivity contribution in [2.75, 3.05) is 19.8 Å². The monoisotopic (exact) mass is 161 g/mol. The standard InChI is InChI=1S/C7H12ClNO/c1-6(8)4-9-7-2-3-10-5-7/h7,9H,1-5H2. The second-order valence-corrected chi connectivity index (χ2v) is 2.99. The van der Waals surface area contributed by atoms with Gasteiger partial charge in [-0.1, -0.05) is 18.2 Å². The van der Waals surface area contributed by atoms with Crippen LogP contribution in [0.25, 0.3) is 0 Å². The van der Waals surface area contributed by atoms with Crippen LogP contribution < -0.4 is 5.32 Å². The van der Waals surface area contributed by atoms with Gasteiger partial charge in [-0.25, -0.2) is 0 Å². The SMILES string of the molecule is C=C(Cl)CNC1CCOC1. The third-order valence-electron chi connectivity index (χ3n) is 1.51. The molecule has 1 atom stereocenters. The first-order valence-corrected chi connectivity index (χ1v) is 3.81. The molecule has 0 aromatic heterocycles. The van der Waals surface area contributed by atoms with Gasteiger partial charge in [0.1, 0.15) is 0 Å². The number of rotatable bonds is 3. The first kappa shape index (κ1) is 8.05. The molecule has 1 heterocycles. The van der Waals surface area contributed by atoms with E-state index in [-0.39, 0.29) is 0 Å². The van der Waals surface area contributed by atoms with E-state index in [2.05, 4.69) is 11.9 Å². The summed E-state index contributed by atoms with van der Waals surface area (Å²) in [5, 5.41) is 3.88. The molecule has 1 aliphatic rings. The fraction of sp³-hybridized carbons (Fsp3) is 0.714. The Morgan fingerprint density at radius 3 is 3.10 bits per heavy atom. The summed E-state index contributed by atoms with van der Waals surface area (Å²) in [6.07, 6.45) is 1.09. The Balaban J connectivity index is 2.07. The van der Waals surface area contributed by atoms with Crippen molar-refractivity contribution in [3.05, 3.63) is 11.6 Å². The lowest BCUT2D eigenvalue weighted by molar-refractivity contribution is 0.190. The number of hydrogen-bond donors (Lipinski definition) is 1. The molecular weight excluding hydrogens is 150 g/mol. The van der Waals surface area contributed by atoms with E-state index in [0.717, 1.165) is 19.6 Å². The van der Waals surface area contributed by atoms with Crippen LogP contribution in [0.15, 0.2) is 11.6 Å². The number of hydrogen-bond acceptors (Lipinski definition) is 2. The van der Waals surface area contributed by atoms with Gasteiger partial charge >= 0.3 is 0 Å². The van der Waals surface area contributed by atoms with Crippen molar-refractivity contribution in [2.45, 2.75) is 12.5 Å². The number of ether oxygens (including phenoxy) is 1. The Kier molecular flexibility index (Phi) is 3.19. The molecule has 0 aromatic carbocycles. The van der Waals surface area contributed by atoms with E-state index in [1.54, 1.807) is 0 Å². The maximum absolute atomic E-state index is 5.56. The predicted octanol–water partition coefficient (Wildman–Crippen LogP) is 1.12. The van der Waals surface area contributed by atoms with Crippen LogP contribution in [-0.4, -0.2) is 25.8 Å². The van der Waals surface area contributed by atoms with Gasteiger partial charge in [-0.2, -0.15) is 0 Å². The average Bonchev–Trinajstić information content (AvgIpc) is 2.34. The van der Waals surface area contributed by atoms with Crippen LogP contribution in [0.5, 0.6) is 0 Å². The molecule has 58 valence electrons. The lowest BCUT2D eigenvalue weighted by Gasteiger charge is -2.07. The first-order chi connectivity index (χ1) is 4.79. The molecule has 1 N–H and O–H groups in total. The zero-order valence-corrected chi connectivity index (χ0v) is 6.66. The van der Waals surface area contributed by atoms with Crippen LogP contribution in [0.1, 0.15) is 6.42 Å². The molecule has 0 spiro atoms. The fourth-order valence-electron chi connectivity index (χ4n) is 0.951. The van der Waals surface area contributed by atoms with E-state index in [9.17, 15) is 0 Å². The smallest absolute Gasteiger partial charge is 0.0620 e. The summed E-state index contributed by atoms with van der Waals surface area (Å²) >= 11 is 5.56. The quantitative estimate of drug-likeness (QED) is 0.670. The fourth-order valence-corrected chi connectivity index (χ4v) is 1.03. The summed E-state index contributed by atoms with van der Waals surface area (Å²) in [5.41, 5.74) is 0. The van der Waals surface area contributed by atoms with Gasteiger partial charge in [-0.15, -0.1) is 0 Å². The summed E-state index contributed by atoms with van der Waals surface area (Å²) < 4.78 is 5.15. The van der Waals surface area contributed by atoms with Crippen molar-refractivity contribution in [1.82, 2.24) is 5.32 Å². The third kappa shape index (κ3) is 2.69. The zero-order chi connectivity index (χ0) is 7.40. The minimum Gasteiger partial charge on any atom is -0.380 e. The Morgan fingerprint density at radius 2 is 2.60 bits per heavy atom. The van der Waals surface area contributed by atoms with Crippen LogP contribution in [0.2, 0.25) is 0 Å². The van der Waals surface area contributed by atoms with Crippen molar-refractivity contribution in [2.24, 2.45) is 0 Å². The summed E-state index contributed by atoms with van der Waals surface area (Å²) in [6, 6.07) is 0.482. The molecule has 0 amide bonds. The van der Waals surface area contributed by atoms with Gasteiger partial charge < -0.3 is 10.1 Å². The minimum atomic E-state index is 0.482. The van der Waals surface area contributed by atoms with Crippen LogP contribution in [0.4, 0.5) is 0 Å². The molecule has 1 unspecified atom stereocenters. The van der Waals surface area contributed by atoms with Gasteiger partial charge in [0.2, 0.25) is 0 Å². The molecule has 3 heteroatoms. The van der Waals surface area contributed by atoms with E-state index < -0.39 is 0 Å². The summed E-state index contributed by atoms with van der Waals surface area (Å²) in [4.78, 5) is 0. The Bertz CT molecular complexity index is 121. The molecule has 1 aliphatic heterocycles. The molecule has 2 nitrogen and oxygen atoms in total. The van der Waals surface area contributed by atoms with Crippen molar-refractivity contribution >= 4 is 11.6 Å². The van der Waals surface area contributed by atoms with Crippen molar-refractivity contribution in [3.63, 3.8) is 0 Å². The minimum absolute atomic E-state index is 0.482. The summed E-state index contributed by atoms with van der Waals surface area (Å²) in [5.74, 6) is 0. The summed E-state index contributed by atoms with van der Waals surface area (Å²) in [6.45, 7) is 5.95. The van der Waals surface area contributed by atoms with Gasteiger partial charge in [0.25, 0.3) is 0 Å². The molecule has 1 saturated heterocycles. The highest BCUT2D eigenvalue weighted by atomic mass is 35.5. The van der Waals surface area contributed by atoms with E-state index >= 15 is 0 Å². The van der Waals surface area contributed by atoms with Crippen molar-refractivity contribution < 1.29 is 4.74 Å².